The quantitative estimate of drug-likeness (QED) is 0.679. The van der Waals surface area contributed by atoms with Crippen LogP contribution in [-0.4, -0.2) is 28.4 Å². The summed E-state index contributed by atoms with van der Waals surface area (Å²) in [6, 6.07) is 7.88. The minimum Gasteiger partial charge on any atom is -0.493 e. The summed E-state index contributed by atoms with van der Waals surface area (Å²) >= 11 is 0. The normalized spacial score (nSPS) is 19.5. The number of hydrogen-bond donors (Lipinski definition) is 2. The number of alkyl halides is 3. The van der Waals surface area contributed by atoms with E-state index in [4.69, 9.17) is 4.74 Å². The van der Waals surface area contributed by atoms with Gasteiger partial charge in [0, 0.05) is 17.3 Å². The number of rotatable bonds is 2. The van der Waals surface area contributed by atoms with E-state index < -0.39 is 28.4 Å². The van der Waals surface area contributed by atoms with Gasteiger partial charge in [0.05, 0.1) is 33.6 Å². The SMILES string of the molecule is O=C(C=C1CCCOc2cc(C(F)(F)F)ccc21)Nc1ccc2c(c1)NC(=O)CS2=O. The van der Waals surface area contributed by atoms with Crippen LogP contribution in [0.15, 0.2) is 47.4 Å². The molecule has 2 aromatic carbocycles. The largest absolute Gasteiger partial charge is 0.493 e. The fraction of sp³-hybridized carbons (Fsp3) is 0.238. The summed E-state index contributed by atoms with van der Waals surface area (Å²) < 4.78 is 56.4. The first-order valence-corrected chi connectivity index (χ1v) is 10.7. The lowest BCUT2D eigenvalue weighted by Gasteiger charge is -2.17. The van der Waals surface area contributed by atoms with Gasteiger partial charge in [0.15, 0.2) is 0 Å². The van der Waals surface area contributed by atoms with Crippen LogP contribution >= 0.6 is 0 Å². The number of amides is 2. The summed E-state index contributed by atoms with van der Waals surface area (Å²) in [5, 5.41) is 5.29. The van der Waals surface area contributed by atoms with E-state index in [1.807, 2.05) is 0 Å². The molecule has 1 unspecified atom stereocenters. The highest BCUT2D eigenvalue weighted by atomic mass is 32.2. The standard InChI is InChI=1S/C21H17F3N2O4S/c22-21(23,24)13-3-5-15-12(2-1-7-30-17(15)9-13)8-19(27)25-14-4-6-18-16(10-14)26-20(28)11-31(18)29/h3-6,8-10H,1-2,7,11H2,(H,25,27)(H,26,28). The lowest BCUT2D eigenvalue weighted by atomic mass is 9.99. The molecule has 2 aromatic rings. The molecule has 4 rings (SSSR count). The Morgan fingerprint density at radius 3 is 2.77 bits per heavy atom. The zero-order chi connectivity index (χ0) is 22.2. The maximum Gasteiger partial charge on any atom is 0.416 e. The number of fused-ring (bicyclic) bond motifs is 2. The van der Waals surface area contributed by atoms with Crippen molar-refractivity contribution in [1.29, 1.82) is 0 Å². The van der Waals surface area contributed by atoms with Gasteiger partial charge in [-0.15, -0.1) is 0 Å². The van der Waals surface area contributed by atoms with Crippen molar-refractivity contribution in [2.24, 2.45) is 0 Å². The van der Waals surface area contributed by atoms with E-state index in [-0.39, 0.29) is 24.0 Å². The van der Waals surface area contributed by atoms with E-state index in [2.05, 4.69) is 10.6 Å². The van der Waals surface area contributed by atoms with Gasteiger partial charge in [-0.2, -0.15) is 13.2 Å². The van der Waals surface area contributed by atoms with Crippen LogP contribution in [0.3, 0.4) is 0 Å². The molecule has 2 heterocycles. The Labute approximate surface area is 177 Å². The lowest BCUT2D eigenvalue weighted by Crippen LogP contribution is -2.25. The molecular formula is C21H17F3N2O4S. The van der Waals surface area contributed by atoms with Gasteiger partial charge in [-0.05, 0) is 48.7 Å². The molecule has 1 atom stereocenters. The molecular weight excluding hydrogens is 433 g/mol. The third kappa shape index (κ3) is 4.63. The summed E-state index contributed by atoms with van der Waals surface area (Å²) in [6.45, 7) is 0.245. The number of allylic oxidation sites excluding steroid dienone is 1. The van der Waals surface area contributed by atoms with Gasteiger partial charge in [-0.3, -0.25) is 13.8 Å². The monoisotopic (exact) mass is 450 g/mol. The molecule has 0 aliphatic carbocycles. The number of halogens is 3. The molecule has 2 amide bonds. The number of nitrogens with one attached hydrogen (secondary N) is 2. The summed E-state index contributed by atoms with van der Waals surface area (Å²) in [4.78, 5) is 24.6. The van der Waals surface area contributed by atoms with E-state index in [0.717, 1.165) is 12.1 Å². The van der Waals surface area contributed by atoms with Crippen molar-refractivity contribution in [2.45, 2.75) is 23.9 Å². The predicted octanol–water partition coefficient (Wildman–Crippen LogP) is 3.96. The zero-order valence-electron chi connectivity index (χ0n) is 16.0. The van der Waals surface area contributed by atoms with Crippen LogP contribution in [0, 0.1) is 0 Å². The maximum absolute atomic E-state index is 13.0. The molecule has 0 saturated heterocycles. The minimum absolute atomic E-state index is 0.0883. The van der Waals surface area contributed by atoms with Gasteiger partial charge in [-0.1, -0.05) is 6.07 Å². The van der Waals surface area contributed by atoms with Gasteiger partial charge in [0.2, 0.25) is 11.8 Å². The minimum atomic E-state index is -4.49. The first-order chi connectivity index (χ1) is 14.7. The Morgan fingerprint density at radius 2 is 2.00 bits per heavy atom. The second kappa shape index (κ2) is 8.18. The van der Waals surface area contributed by atoms with Crippen molar-refractivity contribution in [2.75, 3.05) is 23.0 Å². The Morgan fingerprint density at radius 1 is 1.19 bits per heavy atom. The Bertz CT molecular complexity index is 1130. The summed E-state index contributed by atoms with van der Waals surface area (Å²) in [7, 11) is -1.44. The Hall–Kier alpha value is -3.14. The number of carbonyl (C=O) groups is 2. The lowest BCUT2D eigenvalue weighted by molar-refractivity contribution is -0.137. The molecule has 0 fully saturated rings. The van der Waals surface area contributed by atoms with Crippen molar-refractivity contribution < 1.29 is 31.7 Å². The van der Waals surface area contributed by atoms with Gasteiger partial charge in [0.1, 0.15) is 11.5 Å². The van der Waals surface area contributed by atoms with Crippen LogP contribution in [0.25, 0.3) is 5.57 Å². The average Bonchev–Trinajstić information content (AvgIpc) is 2.88. The van der Waals surface area contributed by atoms with Crippen LogP contribution in [0.1, 0.15) is 24.0 Å². The molecule has 2 N–H and O–H groups in total. The molecule has 0 aromatic heterocycles. The van der Waals surface area contributed by atoms with Crippen molar-refractivity contribution in [3.63, 3.8) is 0 Å². The summed E-state index contributed by atoms with van der Waals surface area (Å²) in [6.07, 6.45) is -2.15. The summed E-state index contributed by atoms with van der Waals surface area (Å²) in [5.41, 5.74) is 0.940. The third-order valence-corrected chi connectivity index (χ3v) is 6.21. The highest BCUT2D eigenvalue weighted by Crippen LogP contribution is 2.38. The van der Waals surface area contributed by atoms with Gasteiger partial charge < -0.3 is 15.4 Å². The predicted molar refractivity (Wildman–Crippen MR) is 109 cm³/mol. The second-order valence-corrected chi connectivity index (χ2v) is 8.49. The first-order valence-electron chi connectivity index (χ1n) is 9.39. The molecule has 6 nitrogen and oxygen atoms in total. The molecule has 31 heavy (non-hydrogen) atoms. The smallest absolute Gasteiger partial charge is 0.416 e. The van der Waals surface area contributed by atoms with Gasteiger partial charge >= 0.3 is 6.18 Å². The van der Waals surface area contributed by atoms with Gasteiger partial charge in [0.25, 0.3) is 0 Å². The molecule has 0 saturated carbocycles. The van der Waals surface area contributed by atoms with Crippen LogP contribution in [0.2, 0.25) is 0 Å². The van der Waals surface area contributed by atoms with E-state index >= 15 is 0 Å². The summed E-state index contributed by atoms with van der Waals surface area (Å²) in [5.74, 6) is -0.872. The van der Waals surface area contributed by atoms with Crippen LogP contribution in [0.5, 0.6) is 5.75 Å². The van der Waals surface area contributed by atoms with E-state index in [1.54, 1.807) is 12.1 Å². The van der Waals surface area contributed by atoms with E-state index in [9.17, 15) is 27.0 Å². The molecule has 0 bridgehead atoms. The molecule has 0 radical (unpaired) electrons. The number of anilines is 2. The average molecular weight is 450 g/mol. The van der Waals surface area contributed by atoms with E-state index in [0.29, 0.717) is 40.2 Å². The van der Waals surface area contributed by atoms with Crippen molar-refractivity contribution in [3.05, 3.63) is 53.6 Å². The number of benzene rings is 2. The fourth-order valence-electron chi connectivity index (χ4n) is 3.44. The van der Waals surface area contributed by atoms with Crippen molar-refractivity contribution in [1.82, 2.24) is 0 Å². The van der Waals surface area contributed by atoms with Crippen molar-refractivity contribution in [3.8, 4) is 5.75 Å². The molecule has 0 spiro atoms. The first kappa shape index (κ1) is 21.1. The number of ether oxygens (including phenoxy) is 1. The third-order valence-electron chi connectivity index (χ3n) is 4.84. The number of hydrogen-bond acceptors (Lipinski definition) is 4. The maximum atomic E-state index is 13.0. The highest BCUT2D eigenvalue weighted by molar-refractivity contribution is 7.86. The van der Waals surface area contributed by atoms with Crippen molar-refractivity contribution >= 4 is 39.6 Å². The van der Waals surface area contributed by atoms with Gasteiger partial charge in [-0.25, -0.2) is 0 Å². The fourth-order valence-corrected chi connectivity index (χ4v) is 4.48. The van der Waals surface area contributed by atoms with E-state index in [1.165, 1.54) is 18.2 Å². The molecule has 10 heteroatoms. The molecule has 2 aliphatic rings. The van der Waals surface area contributed by atoms with Crippen LogP contribution in [0.4, 0.5) is 24.5 Å². The second-order valence-electron chi connectivity index (χ2n) is 7.07. The highest BCUT2D eigenvalue weighted by Gasteiger charge is 2.32. The van der Waals surface area contributed by atoms with Crippen LogP contribution in [-0.2, 0) is 26.6 Å². The number of carbonyl (C=O) groups excluding carboxylic acids is 2. The van der Waals surface area contributed by atoms with Crippen LogP contribution < -0.4 is 15.4 Å². The molecule has 162 valence electrons. The zero-order valence-corrected chi connectivity index (χ0v) is 16.9. The Kier molecular flexibility index (Phi) is 5.57. The topological polar surface area (TPSA) is 84.5 Å². The Balaban J connectivity index is 1.58. The molecule has 2 aliphatic heterocycles.